The van der Waals surface area contributed by atoms with Crippen LogP contribution >= 0.6 is 24.0 Å². The first-order valence-electron chi connectivity index (χ1n) is 10.4. The molecule has 2 heterocycles. The summed E-state index contributed by atoms with van der Waals surface area (Å²) in [4.78, 5) is 11.3. The molecule has 160 valence electrons. The van der Waals surface area contributed by atoms with Gasteiger partial charge in [-0.1, -0.05) is 13.8 Å². The number of pyridine rings is 1. The molecular weight excluding hydrogens is 465 g/mol. The van der Waals surface area contributed by atoms with Crippen LogP contribution in [0, 0.1) is 5.92 Å². The Bertz CT molecular complexity index is 576. The van der Waals surface area contributed by atoms with Gasteiger partial charge in [-0.05, 0) is 56.2 Å². The summed E-state index contributed by atoms with van der Waals surface area (Å²) in [6.45, 7) is 11.0. The Labute approximate surface area is 187 Å². The summed E-state index contributed by atoms with van der Waals surface area (Å²) in [7, 11) is 1.81. The SMILES string of the molecule is CCOC(CCNC(=NC)NCc1ccnc(N2CCCCC2)c1)C(C)C.I. The Morgan fingerprint density at radius 2 is 2.00 bits per heavy atom. The second kappa shape index (κ2) is 14.0. The van der Waals surface area contributed by atoms with Gasteiger partial charge in [-0.2, -0.15) is 0 Å². The molecule has 0 aliphatic carbocycles. The highest BCUT2D eigenvalue weighted by molar-refractivity contribution is 14.0. The molecule has 2 N–H and O–H groups in total. The van der Waals surface area contributed by atoms with Gasteiger partial charge in [-0.3, -0.25) is 4.99 Å². The van der Waals surface area contributed by atoms with Gasteiger partial charge >= 0.3 is 0 Å². The van der Waals surface area contributed by atoms with Crippen LogP contribution in [0.5, 0.6) is 0 Å². The highest BCUT2D eigenvalue weighted by atomic mass is 127. The number of guanidine groups is 1. The molecule has 0 radical (unpaired) electrons. The van der Waals surface area contributed by atoms with Crippen molar-refractivity contribution >= 4 is 35.8 Å². The average molecular weight is 503 g/mol. The van der Waals surface area contributed by atoms with Crippen molar-refractivity contribution in [2.75, 3.05) is 38.2 Å². The second-order valence-corrected chi connectivity index (χ2v) is 7.45. The van der Waals surface area contributed by atoms with E-state index in [2.05, 4.69) is 58.4 Å². The van der Waals surface area contributed by atoms with Crippen molar-refractivity contribution in [3.05, 3.63) is 23.9 Å². The van der Waals surface area contributed by atoms with E-state index in [1.807, 2.05) is 13.2 Å². The van der Waals surface area contributed by atoms with E-state index < -0.39 is 0 Å². The molecule has 1 saturated heterocycles. The van der Waals surface area contributed by atoms with Crippen molar-refractivity contribution in [3.8, 4) is 0 Å². The van der Waals surface area contributed by atoms with Crippen molar-refractivity contribution in [1.82, 2.24) is 15.6 Å². The van der Waals surface area contributed by atoms with E-state index in [1.54, 1.807) is 0 Å². The number of ether oxygens (including phenoxy) is 1. The van der Waals surface area contributed by atoms with Crippen LogP contribution in [-0.4, -0.2) is 50.3 Å². The fourth-order valence-electron chi connectivity index (χ4n) is 3.43. The van der Waals surface area contributed by atoms with Crippen LogP contribution in [0.4, 0.5) is 5.82 Å². The van der Waals surface area contributed by atoms with Crippen LogP contribution in [0.3, 0.4) is 0 Å². The smallest absolute Gasteiger partial charge is 0.191 e. The maximum Gasteiger partial charge on any atom is 0.191 e. The van der Waals surface area contributed by atoms with Gasteiger partial charge < -0.3 is 20.3 Å². The first-order valence-corrected chi connectivity index (χ1v) is 10.4. The van der Waals surface area contributed by atoms with E-state index in [4.69, 9.17) is 4.74 Å². The van der Waals surface area contributed by atoms with Crippen molar-refractivity contribution in [1.29, 1.82) is 0 Å². The second-order valence-electron chi connectivity index (χ2n) is 7.45. The number of aliphatic imine (C=N–C) groups is 1. The van der Waals surface area contributed by atoms with E-state index in [9.17, 15) is 0 Å². The molecule has 1 aliphatic heterocycles. The Balaban J connectivity index is 0.00000392. The number of piperidine rings is 1. The molecule has 0 amide bonds. The minimum atomic E-state index is 0. The molecule has 0 saturated carbocycles. The van der Waals surface area contributed by atoms with E-state index in [0.717, 1.165) is 51.0 Å². The van der Waals surface area contributed by atoms with Gasteiger partial charge in [-0.25, -0.2) is 4.98 Å². The zero-order chi connectivity index (χ0) is 19.5. The van der Waals surface area contributed by atoms with Crippen LogP contribution in [-0.2, 0) is 11.3 Å². The molecule has 0 aromatic carbocycles. The number of hydrogen-bond acceptors (Lipinski definition) is 4. The minimum Gasteiger partial charge on any atom is -0.378 e. The monoisotopic (exact) mass is 503 g/mol. The summed E-state index contributed by atoms with van der Waals surface area (Å²) in [6, 6.07) is 4.26. The van der Waals surface area contributed by atoms with Crippen molar-refractivity contribution in [2.24, 2.45) is 10.9 Å². The molecule has 0 spiro atoms. The van der Waals surface area contributed by atoms with Crippen LogP contribution in [0.25, 0.3) is 0 Å². The highest BCUT2D eigenvalue weighted by Gasteiger charge is 2.14. The van der Waals surface area contributed by atoms with Crippen molar-refractivity contribution in [2.45, 2.75) is 59.1 Å². The lowest BCUT2D eigenvalue weighted by molar-refractivity contribution is 0.0258. The number of aromatic nitrogens is 1. The molecule has 1 fully saturated rings. The molecule has 28 heavy (non-hydrogen) atoms. The number of halogens is 1. The number of nitrogens with zero attached hydrogens (tertiary/aromatic N) is 3. The predicted molar refractivity (Wildman–Crippen MR) is 129 cm³/mol. The van der Waals surface area contributed by atoms with Crippen LogP contribution in [0.15, 0.2) is 23.3 Å². The van der Waals surface area contributed by atoms with Gasteiger partial charge in [0, 0.05) is 46.0 Å². The number of rotatable bonds is 9. The lowest BCUT2D eigenvalue weighted by atomic mass is 10.0. The molecule has 1 aliphatic rings. The maximum atomic E-state index is 5.81. The standard InChI is InChI=1S/C21H37N5O.HI/c1-5-27-19(17(2)3)10-12-24-21(22-4)25-16-18-9-11-23-20(15-18)26-13-7-6-8-14-26;/h9,11,15,17,19H,5-8,10,12-14,16H2,1-4H3,(H2,22,24,25);1H. The lowest BCUT2D eigenvalue weighted by Crippen LogP contribution is -2.39. The summed E-state index contributed by atoms with van der Waals surface area (Å²) in [5.74, 6) is 2.44. The van der Waals surface area contributed by atoms with Gasteiger partial charge in [0.25, 0.3) is 0 Å². The normalized spacial score (nSPS) is 15.9. The Kier molecular flexibility index (Phi) is 12.5. The maximum absolute atomic E-state index is 5.81. The fraction of sp³-hybridized carbons (Fsp3) is 0.714. The van der Waals surface area contributed by atoms with Crippen molar-refractivity contribution < 1.29 is 4.74 Å². The first-order chi connectivity index (χ1) is 13.1. The van der Waals surface area contributed by atoms with E-state index in [-0.39, 0.29) is 30.1 Å². The number of anilines is 1. The van der Waals surface area contributed by atoms with Crippen LogP contribution < -0.4 is 15.5 Å². The number of hydrogen-bond donors (Lipinski definition) is 2. The summed E-state index contributed by atoms with van der Waals surface area (Å²) in [5, 5.41) is 6.80. The minimum absolute atomic E-state index is 0. The third kappa shape index (κ3) is 8.51. The van der Waals surface area contributed by atoms with Crippen molar-refractivity contribution in [3.63, 3.8) is 0 Å². The summed E-state index contributed by atoms with van der Waals surface area (Å²) in [5.41, 5.74) is 1.22. The topological polar surface area (TPSA) is 61.8 Å². The number of nitrogens with one attached hydrogen (secondary N) is 2. The van der Waals surface area contributed by atoms with Gasteiger partial charge in [0.1, 0.15) is 5.82 Å². The molecule has 6 nitrogen and oxygen atoms in total. The lowest BCUT2D eigenvalue weighted by Gasteiger charge is -2.28. The molecular formula is C21H38IN5O. The highest BCUT2D eigenvalue weighted by Crippen LogP contribution is 2.18. The zero-order valence-electron chi connectivity index (χ0n) is 17.9. The van der Waals surface area contributed by atoms with E-state index in [0.29, 0.717) is 5.92 Å². The Morgan fingerprint density at radius 3 is 2.64 bits per heavy atom. The third-order valence-corrected chi connectivity index (χ3v) is 5.02. The fourth-order valence-corrected chi connectivity index (χ4v) is 3.43. The summed E-state index contributed by atoms with van der Waals surface area (Å²) < 4.78 is 5.81. The average Bonchev–Trinajstić information content (AvgIpc) is 2.70. The third-order valence-electron chi connectivity index (χ3n) is 5.02. The molecule has 1 aromatic heterocycles. The molecule has 2 rings (SSSR count). The molecule has 7 heteroatoms. The van der Waals surface area contributed by atoms with Gasteiger partial charge in [0.05, 0.1) is 6.10 Å². The van der Waals surface area contributed by atoms with Crippen LogP contribution in [0.2, 0.25) is 0 Å². The first kappa shape index (κ1) is 24.9. The van der Waals surface area contributed by atoms with Gasteiger partial charge in [0.2, 0.25) is 0 Å². The van der Waals surface area contributed by atoms with Gasteiger partial charge in [0.15, 0.2) is 5.96 Å². The molecule has 1 unspecified atom stereocenters. The Hall–Kier alpha value is -1.09. The van der Waals surface area contributed by atoms with E-state index in [1.165, 1.54) is 24.8 Å². The van der Waals surface area contributed by atoms with Gasteiger partial charge in [-0.15, -0.1) is 24.0 Å². The van der Waals surface area contributed by atoms with Crippen LogP contribution in [0.1, 0.15) is 52.0 Å². The Morgan fingerprint density at radius 1 is 1.25 bits per heavy atom. The largest absolute Gasteiger partial charge is 0.378 e. The molecule has 1 atom stereocenters. The zero-order valence-corrected chi connectivity index (χ0v) is 20.2. The molecule has 1 aromatic rings. The summed E-state index contributed by atoms with van der Waals surface area (Å²) >= 11 is 0. The van der Waals surface area contributed by atoms with E-state index >= 15 is 0 Å². The predicted octanol–water partition coefficient (Wildman–Crippen LogP) is 3.81. The summed E-state index contributed by atoms with van der Waals surface area (Å²) in [6.07, 6.45) is 7.03. The molecule has 0 bridgehead atoms. The quantitative estimate of drug-likeness (QED) is 0.305.